The van der Waals surface area contributed by atoms with Crippen LogP contribution >= 0.6 is 0 Å². The van der Waals surface area contributed by atoms with Gasteiger partial charge in [0.1, 0.15) is 12.4 Å². The second kappa shape index (κ2) is 8.11. The van der Waals surface area contributed by atoms with Gasteiger partial charge >= 0.3 is 5.97 Å². The van der Waals surface area contributed by atoms with Gasteiger partial charge in [0.15, 0.2) is 0 Å². The molecule has 0 saturated carbocycles. The van der Waals surface area contributed by atoms with Crippen LogP contribution in [-0.2, 0) is 19.0 Å². The molecule has 0 bridgehead atoms. The van der Waals surface area contributed by atoms with Crippen molar-refractivity contribution >= 4 is 5.97 Å². The van der Waals surface area contributed by atoms with Gasteiger partial charge in [-0.3, -0.25) is 0 Å². The van der Waals surface area contributed by atoms with Crippen molar-refractivity contribution in [3.05, 3.63) is 58.9 Å². The van der Waals surface area contributed by atoms with Crippen molar-refractivity contribution in [2.75, 3.05) is 20.9 Å². The van der Waals surface area contributed by atoms with Gasteiger partial charge < -0.3 is 14.2 Å². The molecular weight excluding hydrogens is 311 g/mol. The van der Waals surface area contributed by atoms with Gasteiger partial charge in [0.25, 0.3) is 0 Å². The lowest BCUT2D eigenvalue weighted by Gasteiger charge is -2.35. The molecule has 0 aromatic carbocycles. The number of allylic oxidation sites excluding steroid dienone is 3. The van der Waals surface area contributed by atoms with Gasteiger partial charge in [0.2, 0.25) is 0 Å². The largest absolute Gasteiger partial charge is 0.497 e. The summed E-state index contributed by atoms with van der Waals surface area (Å²) in [4.78, 5) is 11.8. The zero-order chi connectivity index (χ0) is 17.7. The maximum absolute atomic E-state index is 13.7. The molecule has 2 rings (SSSR count). The maximum Gasteiger partial charge on any atom is 0.337 e. The van der Waals surface area contributed by atoms with Crippen LogP contribution in [0, 0.1) is 5.92 Å². The van der Waals surface area contributed by atoms with Crippen LogP contribution < -0.4 is 0 Å². The summed E-state index contributed by atoms with van der Waals surface area (Å²) < 4.78 is 29.6. The summed E-state index contributed by atoms with van der Waals surface area (Å²) in [5.41, 5.74) is 1.77. The summed E-state index contributed by atoms with van der Waals surface area (Å²) in [6, 6.07) is 0. The number of methoxy groups -OCH3 is 2. The van der Waals surface area contributed by atoms with Crippen LogP contribution in [-0.4, -0.2) is 39.1 Å². The predicted molar refractivity (Wildman–Crippen MR) is 90.0 cm³/mol. The number of carbonyl (C=O) groups is 1. The SMILES string of the molecule is C/C=C(\C=C(/CF)C1=CC(C)OC2C=CC(C(=O)OC)=CC12)OC. The smallest absolute Gasteiger partial charge is 0.337 e. The fourth-order valence-corrected chi connectivity index (χ4v) is 2.92. The van der Waals surface area contributed by atoms with Crippen LogP contribution in [0.25, 0.3) is 0 Å². The fourth-order valence-electron chi connectivity index (χ4n) is 2.92. The third kappa shape index (κ3) is 3.85. The molecule has 5 heteroatoms. The summed E-state index contributed by atoms with van der Waals surface area (Å²) >= 11 is 0. The molecule has 1 aliphatic heterocycles. The molecule has 3 atom stereocenters. The van der Waals surface area contributed by atoms with Gasteiger partial charge in [-0.25, -0.2) is 9.18 Å². The highest BCUT2D eigenvalue weighted by Gasteiger charge is 2.33. The van der Waals surface area contributed by atoms with Crippen molar-refractivity contribution in [3.8, 4) is 0 Å². The average molecular weight is 334 g/mol. The first-order valence-electron chi connectivity index (χ1n) is 7.86. The van der Waals surface area contributed by atoms with E-state index >= 15 is 0 Å². The van der Waals surface area contributed by atoms with Gasteiger partial charge in [-0.05, 0) is 43.2 Å². The third-order valence-electron chi connectivity index (χ3n) is 4.10. The Morgan fingerprint density at radius 2 is 2.08 bits per heavy atom. The van der Waals surface area contributed by atoms with E-state index in [2.05, 4.69) is 0 Å². The number of halogens is 1. The van der Waals surface area contributed by atoms with Crippen molar-refractivity contribution in [2.24, 2.45) is 5.92 Å². The number of carbonyl (C=O) groups excluding carboxylic acids is 1. The molecule has 0 amide bonds. The number of ether oxygens (including phenoxy) is 3. The summed E-state index contributed by atoms with van der Waals surface area (Å²) in [6.07, 6.45) is 10.3. The van der Waals surface area contributed by atoms with Crippen molar-refractivity contribution in [1.29, 1.82) is 0 Å². The van der Waals surface area contributed by atoms with E-state index in [-0.39, 0.29) is 18.1 Å². The molecular formula is C19H23FO4. The highest BCUT2D eigenvalue weighted by Crippen LogP contribution is 2.36. The predicted octanol–water partition coefficient (Wildman–Crippen LogP) is 3.43. The third-order valence-corrected chi connectivity index (χ3v) is 4.10. The van der Waals surface area contributed by atoms with Gasteiger partial charge in [0.05, 0.1) is 32.0 Å². The van der Waals surface area contributed by atoms with Gasteiger partial charge in [-0.2, -0.15) is 0 Å². The second-order valence-electron chi connectivity index (χ2n) is 5.62. The molecule has 2 aliphatic rings. The first-order chi connectivity index (χ1) is 11.5. The summed E-state index contributed by atoms with van der Waals surface area (Å²) in [7, 11) is 2.88. The van der Waals surface area contributed by atoms with Crippen molar-refractivity contribution in [1.82, 2.24) is 0 Å². The lowest BCUT2D eigenvalue weighted by molar-refractivity contribution is -0.135. The molecule has 0 aromatic heterocycles. The number of hydrogen-bond donors (Lipinski definition) is 0. The second-order valence-corrected chi connectivity index (χ2v) is 5.62. The Bertz CT molecular complexity index is 640. The zero-order valence-corrected chi connectivity index (χ0v) is 14.4. The monoisotopic (exact) mass is 334 g/mol. The minimum Gasteiger partial charge on any atom is -0.497 e. The molecule has 1 aliphatic carbocycles. The minimum absolute atomic E-state index is 0.148. The molecule has 0 aromatic rings. The molecule has 3 unspecified atom stereocenters. The van der Waals surface area contributed by atoms with Crippen LogP contribution in [0.2, 0.25) is 0 Å². The van der Waals surface area contributed by atoms with E-state index in [0.29, 0.717) is 16.9 Å². The number of esters is 1. The Morgan fingerprint density at radius 1 is 1.33 bits per heavy atom. The van der Waals surface area contributed by atoms with E-state index in [0.717, 1.165) is 5.57 Å². The first kappa shape index (κ1) is 18.2. The van der Waals surface area contributed by atoms with Crippen LogP contribution in [0.4, 0.5) is 4.39 Å². The van der Waals surface area contributed by atoms with Gasteiger partial charge in [-0.1, -0.05) is 18.2 Å². The normalized spacial score (nSPS) is 27.1. The molecule has 0 radical (unpaired) electrons. The lowest BCUT2D eigenvalue weighted by Crippen LogP contribution is -2.34. The summed E-state index contributed by atoms with van der Waals surface area (Å²) in [5.74, 6) is -0.0699. The van der Waals surface area contributed by atoms with Gasteiger partial charge in [0, 0.05) is 5.92 Å². The van der Waals surface area contributed by atoms with Crippen LogP contribution in [0.3, 0.4) is 0 Å². The van der Waals surface area contributed by atoms with E-state index in [1.807, 2.05) is 26.0 Å². The Labute approximate surface area is 142 Å². The minimum atomic E-state index is -0.631. The topological polar surface area (TPSA) is 44.8 Å². The molecule has 4 nitrogen and oxygen atoms in total. The molecule has 1 heterocycles. The molecule has 0 spiro atoms. The van der Waals surface area contributed by atoms with E-state index < -0.39 is 12.6 Å². The van der Waals surface area contributed by atoms with E-state index in [4.69, 9.17) is 14.2 Å². The molecule has 130 valence electrons. The van der Waals surface area contributed by atoms with Crippen molar-refractivity contribution in [3.63, 3.8) is 0 Å². The summed E-state index contributed by atoms with van der Waals surface area (Å²) in [5, 5.41) is 0. The number of alkyl halides is 1. The Hall–Kier alpha value is -2.14. The Kier molecular flexibility index (Phi) is 6.15. The van der Waals surface area contributed by atoms with E-state index in [9.17, 15) is 9.18 Å². The number of hydrogen-bond acceptors (Lipinski definition) is 4. The first-order valence-corrected chi connectivity index (χ1v) is 7.86. The fraction of sp³-hybridized carbons (Fsp3) is 0.421. The van der Waals surface area contributed by atoms with Crippen molar-refractivity contribution < 1.29 is 23.4 Å². The lowest BCUT2D eigenvalue weighted by atomic mass is 9.81. The molecule has 0 saturated heterocycles. The zero-order valence-electron chi connectivity index (χ0n) is 14.4. The highest BCUT2D eigenvalue weighted by molar-refractivity contribution is 5.92. The van der Waals surface area contributed by atoms with E-state index in [1.165, 1.54) is 7.11 Å². The molecule has 24 heavy (non-hydrogen) atoms. The Morgan fingerprint density at radius 3 is 2.67 bits per heavy atom. The number of fused-ring (bicyclic) bond motifs is 1. The average Bonchev–Trinajstić information content (AvgIpc) is 2.61. The van der Waals surface area contributed by atoms with Gasteiger partial charge in [-0.15, -0.1) is 0 Å². The Balaban J connectivity index is 2.44. The van der Waals surface area contributed by atoms with Crippen LogP contribution in [0.15, 0.2) is 58.9 Å². The quantitative estimate of drug-likeness (QED) is 0.439. The standard InChI is InChI=1S/C19H23FO4/c1-5-15(22-3)9-14(11-20)16-8-12(2)24-18-7-6-13(10-17(16)18)19(21)23-4/h5-10,12,17-18H,11H2,1-4H3/b14-9+,15-5+. The highest BCUT2D eigenvalue weighted by atomic mass is 19.1. The number of rotatable bonds is 5. The van der Waals surface area contributed by atoms with Crippen LogP contribution in [0.5, 0.6) is 0 Å². The van der Waals surface area contributed by atoms with Crippen LogP contribution in [0.1, 0.15) is 13.8 Å². The molecule has 0 N–H and O–H groups in total. The maximum atomic E-state index is 13.7. The van der Waals surface area contributed by atoms with E-state index in [1.54, 1.807) is 31.4 Å². The van der Waals surface area contributed by atoms with Crippen molar-refractivity contribution in [2.45, 2.75) is 26.1 Å². The summed E-state index contributed by atoms with van der Waals surface area (Å²) in [6.45, 7) is 3.10. The molecule has 0 fully saturated rings.